The Morgan fingerprint density at radius 1 is 0.500 bits per heavy atom. The molecule has 1 heterocycles. The van der Waals surface area contributed by atoms with E-state index < -0.39 is 0 Å². The van der Waals surface area contributed by atoms with E-state index >= 15 is 0 Å². The summed E-state index contributed by atoms with van der Waals surface area (Å²) in [5.41, 5.74) is 16.4. The Labute approximate surface area is 347 Å². The van der Waals surface area contributed by atoms with E-state index in [1.54, 1.807) is 0 Å². The summed E-state index contributed by atoms with van der Waals surface area (Å²) in [6.07, 6.45) is 10.4. The third-order valence-corrected chi connectivity index (χ3v) is 18.1. The summed E-state index contributed by atoms with van der Waals surface area (Å²) in [5.74, 6) is 5.31. The quantitative estimate of drug-likeness (QED) is 0.181. The van der Waals surface area contributed by atoms with Gasteiger partial charge in [0.2, 0.25) is 0 Å². The van der Waals surface area contributed by atoms with Crippen LogP contribution < -0.4 is 9.64 Å². The van der Waals surface area contributed by atoms with Crippen molar-refractivity contribution in [2.75, 3.05) is 4.90 Å². The SMILES string of the molecule is CC1(C)CCC(C)(C)c2c(N(c3ccc4c(c3)C3(c5cc(-c6ccccc6)ccc5O4)C4CC5CC6CC3C64C5)c3cccc4c3C(C)(C)CCC4(C)C)cccc21. The zero-order valence-electron chi connectivity index (χ0n) is 36.1. The number of ether oxygens (including phenoxy) is 1. The average molecular weight is 764 g/mol. The summed E-state index contributed by atoms with van der Waals surface area (Å²) in [6, 6.07) is 40.1. The zero-order chi connectivity index (χ0) is 39.8. The number of hydrogen-bond donors (Lipinski definition) is 0. The highest BCUT2D eigenvalue weighted by Crippen LogP contribution is 2.89. The van der Waals surface area contributed by atoms with E-state index in [0.29, 0.717) is 17.3 Å². The molecule has 0 radical (unpaired) electrons. The fraction of sp³-hybridized carbons (Fsp3) is 0.464. The van der Waals surface area contributed by atoms with E-state index in [-0.39, 0.29) is 27.1 Å². The molecule has 6 unspecified atom stereocenters. The predicted octanol–water partition coefficient (Wildman–Crippen LogP) is 15.0. The summed E-state index contributed by atoms with van der Waals surface area (Å²) in [4.78, 5) is 2.74. The molecule has 6 aliphatic carbocycles. The van der Waals surface area contributed by atoms with Crippen molar-refractivity contribution in [3.8, 4) is 22.6 Å². The highest BCUT2D eigenvalue weighted by molar-refractivity contribution is 5.85. The summed E-state index contributed by atoms with van der Waals surface area (Å²) >= 11 is 0. The Hall–Kier alpha value is -4.30. The van der Waals surface area contributed by atoms with E-state index in [1.807, 2.05) is 0 Å². The van der Waals surface area contributed by atoms with Crippen LogP contribution in [0.15, 0.2) is 103 Å². The second-order valence-electron chi connectivity index (χ2n) is 22.7. The molecule has 58 heavy (non-hydrogen) atoms. The van der Waals surface area contributed by atoms with Crippen molar-refractivity contribution in [2.24, 2.45) is 29.1 Å². The largest absolute Gasteiger partial charge is 0.457 e. The fourth-order valence-electron chi connectivity index (χ4n) is 15.2. The zero-order valence-corrected chi connectivity index (χ0v) is 36.1. The monoisotopic (exact) mass is 763 g/mol. The van der Waals surface area contributed by atoms with Gasteiger partial charge in [-0.2, -0.15) is 0 Å². The van der Waals surface area contributed by atoms with Crippen LogP contribution in [0.25, 0.3) is 11.1 Å². The molecule has 5 aromatic carbocycles. The predicted molar refractivity (Wildman–Crippen MR) is 239 cm³/mol. The van der Waals surface area contributed by atoms with Gasteiger partial charge < -0.3 is 9.64 Å². The number of anilines is 3. The molecule has 2 spiro atoms. The molecule has 1 aliphatic heterocycles. The van der Waals surface area contributed by atoms with Crippen molar-refractivity contribution in [2.45, 2.75) is 134 Å². The van der Waals surface area contributed by atoms with Crippen LogP contribution in [0.3, 0.4) is 0 Å². The molecule has 4 saturated carbocycles. The molecular weight excluding hydrogens is 703 g/mol. The Morgan fingerprint density at radius 3 is 1.69 bits per heavy atom. The Morgan fingerprint density at radius 2 is 1.07 bits per heavy atom. The Bertz CT molecular complexity index is 2480. The van der Waals surface area contributed by atoms with Crippen LogP contribution in [0.4, 0.5) is 17.1 Å². The molecule has 0 N–H and O–H groups in total. The van der Waals surface area contributed by atoms with Gasteiger partial charge in [-0.05, 0) is 178 Å². The van der Waals surface area contributed by atoms with Crippen molar-refractivity contribution in [1.29, 1.82) is 0 Å². The topological polar surface area (TPSA) is 12.5 Å². The summed E-state index contributed by atoms with van der Waals surface area (Å²) in [6.45, 7) is 19.9. The van der Waals surface area contributed by atoms with Crippen molar-refractivity contribution < 1.29 is 4.74 Å². The van der Waals surface area contributed by atoms with Gasteiger partial charge in [-0.15, -0.1) is 0 Å². The second-order valence-corrected chi connectivity index (χ2v) is 22.7. The van der Waals surface area contributed by atoms with Crippen molar-refractivity contribution in [3.63, 3.8) is 0 Å². The van der Waals surface area contributed by atoms with Crippen molar-refractivity contribution >= 4 is 17.1 Å². The second kappa shape index (κ2) is 11.3. The number of nitrogens with zero attached hydrogens (tertiary/aromatic N) is 1. The molecule has 2 bridgehead atoms. The molecule has 12 rings (SSSR count). The number of hydrogen-bond acceptors (Lipinski definition) is 2. The maximum absolute atomic E-state index is 7.12. The van der Waals surface area contributed by atoms with Gasteiger partial charge in [0.05, 0.1) is 11.4 Å². The minimum absolute atomic E-state index is 0.0319. The van der Waals surface area contributed by atoms with Gasteiger partial charge in [0.25, 0.3) is 0 Å². The molecule has 7 aliphatic rings. The van der Waals surface area contributed by atoms with Crippen LogP contribution in [0.5, 0.6) is 11.5 Å². The van der Waals surface area contributed by atoms with E-state index in [2.05, 4.69) is 163 Å². The Balaban J connectivity index is 1.13. The average Bonchev–Trinajstić information content (AvgIpc) is 3.74. The first-order chi connectivity index (χ1) is 27.7. The lowest BCUT2D eigenvalue weighted by molar-refractivity contribution is -0.235. The number of rotatable bonds is 4. The first-order valence-corrected chi connectivity index (χ1v) is 22.8. The maximum atomic E-state index is 7.12. The smallest absolute Gasteiger partial charge is 0.131 e. The fourth-order valence-corrected chi connectivity index (χ4v) is 15.2. The van der Waals surface area contributed by atoms with Gasteiger partial charge in [0.1, 0.15) is 11.5 Å². The molecule has 4 fully saturated rings. The van der Waals surface area contributed by atoms with Crippen LogP contribution in [-0.4, -0.2) is 0 Å². The van der Waals surface area contributed by atoms with E-state index in [9.17, 15) is 0 Å². The minimum Gasteiger partial charge on any atom is -0.457 e. The van der Waals surface area contributed by atoms with Crippen LogP contribution in [0.1, 0.15) is 140 Å². The lowest BCUT2D eigenvalue weighted by Gasteiger charge is -2.77. The standard InChI is InChI=1S/C56H61NO/c1-51(2)24-26-53(5,6)49-39(51)16-12-18-43(49)57(44-19-13-17-40-50(44)54(7,8)27-25-52(40,3)4)38-21-23-46-42(32-38)56(47-29-34-28-37-31-48(56)55(37,47)33-34)41-30-36(20-22-45(41)58-46)35-14-10-9-11-15-35/h9-23,30,32,34,37,47-48H,24-29,31,33H2,1-8H3. The first-order valence-electron chi connectivity index (χ1n) is 22.8. The number of fused-ring (bicyclic) bond motifs is 9. The molecule has 2 nitrogen and oxygen atoms in total. The van der Waals surface area contributed by atoms with Crippen LogP contribution in [0.2, 0.25) is 0 Å². The minimum atomic E-state index is -0.0319. The summed E-state index contributed by atoms with van der Waals surface area (Å²) in [7, 11) is 0. The molecular formula is C56H61NO. The molecule has 2 heteroatoms. The molecule has 0 amide bonds. The van der Waals surface area contributed by atoms with E-state index in [0.717, 1.165) is 23.3 Å². The van der Waals surface area contributed by atoms with Crippen LogP contribution in [0, 0.1) is 29.1 Å². The van der Waals surface area contributed by atoms with E-state index in [4.69, 9.17) is 4.74 Å². The van der Waals surface area contributed by atoms with Crippen LogP contribution >= 0.6 is 0 Å². The van der Waals surface area contributed by atoms with Crippen molar-refractivity contribution in [3.05, 3.63) is 137 Å². The molecule has 5 aromatic rings. The first kappa shape index (κ1) is 35.6. The number of benzene rings is 5. The summed E-state index contributed by atoms with van der Waals surface area (Å²) < 4.78 is 7.12. The summed E-state index contributed by atoms with van der Waals surface area (Å²) in [5, 5.41) is 0. The highest BCUT2D eigenvalue weighted by atomic mass is 16.5. The highest BCUT2D eigenvalue weighted by Gasteiger charge is 2.84. The van der Waals surface area contributed by atoms with Gasteiger partial charge in [0, 0.05) is 22.2 Å². The van der Waals surface area contributed by atoms with Gasteiger partial charge in [-0.3, -0.25) is 0 Å². The Kier molecular flexibility index (Phi) is 6.93. The van der Waals surface area contributed by atoms with Crippen molar-refractivity contribution in [1.82, 2.24) is 0 Å². The van der Waals surface area contributed by atoms with Gasteiger partial charge in [-0.25, -0.2) is 0 Å². The normalized spacial score (nSPS) is 31.4. The van der Waals surface area contributed by atoms with Gasteiger partial charge >= 0.3 is 0 Å². The maximum Gasteiger partial charge on any atom is 0.131 e. The third-order valence-electron chi connectivity index (χ3n) is 18.1. The van der Waals surface area contributed by atoms with Gasteiger partial charge in [0.15, 0.2) is 0 Å². The van der Waals surface area contributed by atoms with Crippen LogP contribution in [-0.2, 0) is 27.1 Å². The molecule has 296 valence electrons. The molecule has 0 aromatic heterocycles. The van der Waals surface area contributed by atoms with Gasteiger partial charge in [-0.1, -0.05) is 116 Å². The molecule has 0 saturated heterocycles. The molecule has 6 atom stereocenters. The lowest BCUT2D eigenvalue weighted by Crippen LogP contribution is -2.74. The third kappa shape index (κ3) is 4.35. The van der Waals surface area contributed by atoms with E-state index in [1.165, 1.54) is 113 Å². The lowest BCUT2D eigenvalue weighted by atomic mass is 9.26.